The van der Waals surface area contributed by atoms with Crippen molar-refractivity contribution in [1.82, 2.24) is 0 Å². The molecule has 0 amide bonds. The summed E-state index contributed by atoms with van der Waals surface area (Å²) in [6.07, 6.45) is 14.6. The van der Waals surface area contributed by atoms with Crippen LogP contribution in [0.15, 0.2) is 65.3 Å². The zero-order chi connectivity index (χ0) is 24.2. The van der Waals surface area contributed by atoms with Gasteiger partial charge in [-0.25, -0.2) is 0 Å². The fourth-order valence-electron chi connectivity index (χ4n) is 2.77. The standard InChI is InChI=1S/C18H28.C11H18.C2H6.CH4/c1-5-6-7-8-11-15(2)17(4)14-18-13-10-9-12-16(18)3;1-6-10(4)7-8-11(5)9(2)3;1-2;/h9-10,12-15H,5-8,11H2,1-4H3;7-8H,2,6H2,1,3-5H3;1-2H3;1H4/b17-14+;10-7+,11-8-;;. The van der Waals surface area contributed by atoms with E-state index >= 15 is 0 Å². The molecular formula is C32H56. The maximum atomic E-state index is 3.86. The topological polar surface area (TPSA) is 0 Å². The summed E-state index contributed by atoms with van der Waals surface area (Å²) >= 11 is 0. The molecule has 32 heavy (non-hydrogen) atoms. The summed E-state index contributed by atoms with van der Waals surface area (Å²) in [6.45, 7) is 25.4. The maximum Gasteiger partial charge on any atom is -0.0228 e. The quantitative estimate of drug-likeness (QED) is 0.250. The number of hydrogen-bond donors (Lipinski definition) is 0. The third-order valence-corrected chi connectivity index (χ3v) is 5.69. The fourth-order valence-corrected chi connectivity index (χ4v) is 2.77. The van der Waals surface area contributed by atoms with Crippen LogP contribution in [0.25, 0.3) is 6.08 Å². The number of allylic oxidation sites excluding steroid dienone is 6. The lowest BCUT2D eigenvalue weighted by Gasteiger charge is -2.13. The molecule has 0 aliphatic heterocycles. The molecule has 1 unspecified atom stereocenters. The van der Waals surface area contributed by atoms with E-state index in [0.29, 0.717) is 5.92 Å². The molecule has 184 valence electrons. The van der Waals surface area contributed by atoms with Gasteiger partial charge in [0.25, 0.3) is 0 Å². The molecule has 0 fully saturated rings. The highest BCUT2D eigenvalue weighted by Gasteiger charge is 2.04. The summed E-state index contributed by atoms with van der Waals surface area (Å²) in [5.41, 5.74) is 8.07. The van der Waals surface area contributed by atoms with Gasteiger partial charge in [-0.05, 0) is 70.1 Å². The number of hydrogen-bond acceptors (Lipinski definition) is 0. The van der Waals surface area contributed by atoms with Crippen LogP contribution in [-0.4, -0.2) is 0 Å². The van der Waals surface area contributed by atoms with Gasteiger partial charge in [0.1, 0.15) is 0 Å². The Balaban J connectivity index is -0.000000521. The molecule has 0 N–H and O–H groups in total. The van der Waals surface area contributed by atoms with Crippen molar-refractivity contribution in [1.29, 1.82) is 0 Å². The Morgan fingerprint density at radius 1 is 0.938 bits per heavy atom. The summed E-state index contributed by atoms with van der Waals surface area (Å²) in [6, 6.07) is 8.63. The highest BCUT2D eigenvalue weighted by Crippen LogP contribution is 2.21. The minimum atomic E-state index is 0. The van der Waals surface area contributed by atoms with E-state index in [1.54, 1.807) is 0 Å². The van der Waals surface area contributed by atoms with Crippen LogP contribution in [0.2, 0.25) is 0 Å². The lowest BCUT2D eigenvalue weighted by atomic mass is 9.93. The summed E-state index contributed by atoms with van der Waals surface area (Å²) in [5.74, 6) is 0.710. The number of rotatable bonds is 10. The van der Waals surface area contributed by atoms with Gasteiger partial charge in [-0.3, -0.25) is 0 Å². The third-order valence-electron chi connectivity index (χ3n) is 5.69. The fraction of sp³-hybridized carbons (Fsp3) is 0.562. The molecule has 0 saturated heterocycles. The average molecular weight is 441 g/mol. The van der Waals surface area contributed by atoms with Crippen LogP contribution >= 0.6 is 0 Å². The van der Waals surface area contributed by atoms with Gasteiger partial charge < -0.3 is 0 Å². The zero-order valence-corrected chi connectivity index (χ0v) is 22.6. The number of unbranched alkanes of at least 4 members (excludes halogenated alkanes) is 3. The van der Waals surface area contributed by atoms with Crippen molar-refractivity contribution in [2.45, 2.75) is 115 Å². The molecule has 1 aromatic rings. The Kier molecular flexibility index (Phi) is 24.3. The van der Waals surface area contributed by atoms with E-state index < -0.39 is 0 Å². The van der Waals surface area contributed by atoms with E-state index in [0.717, 1.165) is 12.0 Å². The molecule has 1 aromatic carbocycles. The van der Waals surface area contributed by atoms with Crippen LogP contribution in [0.3, 0.4) is 0 Å². The molecule has 0 radical (unpaired) electrons. The second-order valence-electron chi connectivity index (χ2n) is 8.49. The predicted octanol–water partition coefficient (Wildman–Crippen LogP) is 11.5. The van der Waals surface area contributed by atoms with Crippen molar-refractivity contribution in [3.8, 4) is 0 Å². The minimum absolute atomic E-state index is 0. The minimum Gasteiger partial charge on any atom is -0.0958 e. The third kappa shape index (κ3) is 17.8. The second kappa shape index (κ2) is 22.4. The van der Waals surface area contributed by atoms with Gasteiger partial charge in [-0.2, -0.15) is 0 Å². The number of benzene rings is 1. The van der Waals surface area contributed by atoms with Gasteiger partial charge in [-0.15, -0.1) is 0 Å². The monoisotopic (exact) mass is 440 g/mol. The molecule has 0 heterocycles. The zero-order valence-electron chi connectivity index (χ0n) is 22.6. The number of aryl methyl sites for hydroxylation is 1. The van der Waals surface area contributed by atoms with Crippen molar-refractivity contribution >= 4 is 6.08 Å². The van der Waals surface area contributed by atoms with Crippen molar-refractivity contribution in [3.05, 3.63) is 76.4 Å². The van der Waals surface area contributed by atoms with Gasteiger partial charge >= 0.3 is 0 Å². The summed E-state index contributed by atoms with van der Waals surface area (Å²) in [4.78, 5) is 0. The Morgan fingerprint density at radius 3 is 2.03 bits per heavy atom. The first-order valence-corrected chi connectivity index (χ1v) is 12.5. The van der Waals surface area contributed by atoms with Crippen molar-refractivity contribution in [2.75, 3.05) is 0 Å². The largest absolute Gasteiger partial charge is 0.0958 e. The SMILES string of the molecule is C.C=C(C)/C(C)=C\C=C(/C)CC.CC.CCCCCCC(C)/C(C)=C/c1ccccc1C. The second-order valence-corrected chi connectivity index (χ2v) is 8.49. The van der Waals surface area contributed by atoms with Crippen LogP contribution in [0.1, 0.15) is 119 Å². The van der Waals surface area contributed by atoms with Crippen molar-refractivity contribution in [3.63, 3.8) is 0 Å². The van der Waals surface area contributed by atoms with E-state index in [1.165, 1.54) is 60.0 Å². The molecule has 1 rings (SSSR count). The summed E-state index contributed by atoms with van der Waals surface area (Å²) in [5, 5.41) is 0. The molecule has 1 atom stereocenters. The van der Waals surface area contributed by atoms with Crippen LogP contribution in [-0.2, 0) is 0 Å². The Hall–Kier alpha value is -1.82. The first-order chi connectivity index (χ1) is 14.7. The molecular weight excluding hydrogens is 384 g/mol. The highest BCUT2D eigenvalue weighted by atomic mass is 14.1. The Morgan fingerprint density at radius 2 is 1.53 bits per heavy atom. The van der Waals surface area contributed by atoms with Gasteiger partial charge in [0.2, 0.25) is 0 Å². The van der Waals surface area contributed by atoms with Gasteiger partial charge in [0.15, 0.2) is 0 Å². The first kappa shape index (κ1) is 34.8. The van der Waals surface area contributed by atoms with E-state index in [1.807, 2.05) is 20.8 Å². The average Bonchev–Trinajstić information content (AvgIpc) is 2.77. The van der Waals surface area contributed by atoms with Crippen LogP contribution in [0.4, 0.5) is 0 Å². The van der Waals surface area contributed by atoms with E-state index in [2.05, 4.69) is 97.5 Å². The van der Waals surface area contributed by atoms with Crippen LogP contribution in [0.5, 0.6) is 0 Å². The molecule has 0 spiro atoms. The molecule has 0 heteroatoms. The lowest BCUT2D eigenvalue weighted by molar-refractivity contribution is 0.544. The van der Waals surface area contributed by atoms with E-state index in [9.17, 15) is 0 Å². The predicted molar refractivity (Wildman–Crippen MR) is 153 cm³/mol. The normalized spacial score (nSPS) is 12.5. The molecule has 0 saturated carbocycles. The first-order valence-electron chi connectivity index (χ1n) is 12.5. The highest BCUT2D eigenvalue weighted by molar-refractivity contribution is 5.56. The van der Waals surface area contributed by atoms with Gasteiger partial charge in [0.05, 0.1) is 0 Å². The lowest BCUT2D eigenvalue weighted by Crippen LogP contribution is -1.97. The van der Waals surface area contributed by atoms with Gasteiger partial charge in [-0.1, -0.05) is 134 Å². The summed E-state index contributed by atoms with van der Waals surface area (Å²) in [7, 11) is 0. The Labute approximate surface area is 203 Å². The molecule has 0 bridgehead atoms. The van der Waals surface area contributed by atoms with Crippen molar-refractivity contribution < 1.29 is 0 Å². The molecule has 0 aromatic heterocycles. The molecule has 0 aliphatic rings. The van der Waals surface area contributed by atoms with Crippen molar-refractivity contribution in [2.24, 2.45) is 5.92 Å². The Bertz CT molecular complexity index is 682. The van der Waals surface area contributed by atoms with Crippen LogP contribution < -0.4 is 0 Å². The molecule has 0 aliphatic carbocycles. The summed E-state index contributed by atoms with van der Waals surface area (Å²) < 4.78 is 0. The smallest absolute Gasteiger partial charge is 0.0228 e. The maximum absolute atomic E-state index is 3.86. The van der Waals surface area contributed by atoms with E-state index in [-0.39, 0.29) is 7.43 Å². The van der Waals surface area contributed by atoms with Crippen LogP contribution in [0, 0.1) is 12.8 Å². The molecule has 0 nitrogen and oxygen atoms in total. The van der Waals surface area contributed by atoms with Gasteiger partial charge in [0, 0.05) is 0 Å². The van der Waals surface area contributed by atoms with E-state index in [4.69, 9.17) is 0 Å².